The Bertz CT molecular complexity index is 570. The minimum absolute atomic E-state index is 0.195. The van der Waals surface area contributed by atoms with Gasteiger partial charge in [-0.2, -0.15) is 11.8 Å². The molecular formula is C12H15BrFN3S. The van der Waals surface area contributed by atoms with E-state index in [1.165, 1.54) is 6.07 Å². The lowest BCUT2D eigenvalue weighted by atomic mass is 10.3. The standard InChI is InChI=1S/C12H15BrFN3S/c1-3-18-6-7(2)17-11-5-9(14)8(13)4-10(11)16-12(17)15/h4-5,7H,3,6H2,1-2H3,(H2,15,16). The summed E-state index contributed by atoms with van der Waals surface area (Å²) >= 11 is 4.99. The fourth-order valence-corrected chi connectivity index (χ4v) is 2.99. The van der Waals surface area contributed by atoms with Gasteiger partial charge in [-0.1, -0.05) is 6.92 Å². The number of anilines is 1. The second kappa shape index (κ2) is 5.48. The highest BCUT2D eigenvalue weighted by Crippen LogP contribution is 2.28. The van der Waals surface area contributed by atoms with E-state index in [0.717, 1.165) is 17.0 Å². The Balaban J connectivity index is 2.49. The summed E-state index contributed by atoms with van der Waals surface area (Å²) in [6, 6.07) is 3.34. The zero-order chi connectivity index (χ0) is 13.3. The molecule has 0 bridgehead atoms. The maximum absolute atomic E-state index is 13.6. The summed E-state index contributed by atoms with van der Waals surface area (Å²) in [5.41, 5.74) is 7.40. The molecular weight excluding hydrogens is 317 g/mol. The monoisotopic (exact) mass is 331 g/mol. The minimum atomic E-state index is -0.293. The highest BCUT2D eigenvalue weighted by atomic mass is 79.9. The number of nitrogen functional groups attached to an aromatic ring is 1. The fourth-order valence-electron chi connectivity index (χ4n) is 1.94. The van der Waals surface area contributed by atoms with E-state index < -0.39 is 0 Å². The van der Waals surface area contributed by atoms with Gasteiger partial charge in [0.15, 0.2) is 0 Å². The molecule has 0 saturated carbocycles. The molecule has 0 amide bonds. The first-order chi connectivity index (χ1) is 8.54. The van der Waals surface area contributed by atoms with Gasteiger partial charge < -0.3 is 10.3 Å². The number of aromatic nitrogens is 2. The molecule has 0 aliphatic carbocycles. The molecule has 2 aromatic rings. The van der Waals surface area contributed by atoms with Crippen molar-refractivity contribution in [1.29, 1.82) is 0 Å². The van der Waals surface area contributed by atoms with E-state index in [9.17, 15) is 4.39 Å². The van der Waals surface area contributed by atoms with Crippen LogP contribution >= 0.6 is 27.7 Å². The smallest absolute Gasteiger partial charge is 0.201 e. The minimum Gasteiger partial charge on any atom is -0.369 e. The predicted molar refractivity (Wildman–Crippen MR) is 79.5 cm³/mol. The Hall–Kier alpha value is -0.750. The van der Waals surface area contributed by atoms with Crippen molar-refractivity contribution in [2.75, 3.05) is 17.2 Å². The van der Waals surface area contributed by atoms with Crippen molar-refractivity contribution in [3.05, 3.63) is 22.4 Å². The summed E-state index contributed by atoms with van der Waals surface area (Å²) in [5.74, 6) is 2.13. The van der Waals surface area contributed by atoms with E-state index in [4.69, 9.17) is 5.73 Å². The summed E-state index contributed by atoms with van der Waals surface area (Å²) in [6.07, 6.45) is 0. The molecule has 0 aliphatic heterocycles. The summed E-state index contributed by atoms with van der Waals surface area (Å²) in [6.45, 7) is 4.18. The van der Waals surface area contributed by atoms with Crippen LogP contribution in [0.3, 0.4) is 0 Å². The molecule has 1 atom stereocenters. The van der Waals surface area contributed by atoms with Crippen LogP contribution in [0.25, 0.3) is 11.0 Å². The summed E-state index contributed by atoms with van der Waals surface area (Å²) in [7, 11) is 0. The van der Waals surface area contributed by atoms with Crippen molar-refractivity contribution < 1.29 is 4.39 Å². The second-order valence-electron chi connectivity index (χ2n) is 4.10. The van der Waals surface area contributed by atoms with E-state index in [0.29, 0.717) is 15.9 Å². The normalized spacial score (nSPS) is 13.1. The topological polar surface area (TPSA) is 43.8 Å². The molecule has 1 heterocycles. The maximum atomic E-state index is 13.6. The van der Waals surface area contributed by atoms with Crippen molar-refractivity contribution in [3.63, 3.8) is 0 Å². The van der Waals surface area contributed by atoms with Gasteiger partial charge >= 0.3 is 0 Å². The molecule has 18 heavy (non-hydrogen) atoms. The van der Waals surface area contributed by atoms with Gasteiger partial charge in [0.25, 0.3) is 0 Å². The Morgan fingerprint density at radius 3 is 2.94 bits per heavy atom. The number of rotatable bonds is 4. The van der Waals surface area contributed by atoms with E-state index in [1.807, 2.05) is 16.3 Å². The Kier molecular flexibility index (Phi) is 4.17. The van der Waals surface area contributed by atoms with Gasteiger partial charge in [-0.05, 0) is 34.7 Å². The van der Waals surface area contributed by atoms with Crippen LogP contribution in [0.2, 0.25) is 0 Å². The molecule has 0 aliphatic rings. The van der Waals surface area contributed by atoms with Gasteiger partial charge in [0, 0.05) is 17.9 Å². The third-order valence-corrected chi connectivity index (χ3v) is 4.50. The molecule has 2 rings (SSSR count). The number of nitrogens with two attached hydrogens (primary N) is 1. The number of imidazole rings is 1. The highest BCUT2D eigenvalue weighted by molar-refractivity contribution is 9.10. The number of fused-ring (bicyclic) bond motifs is 1. The second-order valence-corrected chi connectivity index (χ2v) is 6.28. The lowest BCUT2D eigenvalue weighted by Gasteiger charge is -2.15. The number of thioether (sulfide) groups is 1. The van der Waals surface area contributed by atoms with Gasteiger partial charge in [-0.3, -0.25) is 0 Å². The van der Waals surface area contributed by atoms with Crippen molar-refractivity contribution in [2.24, 2.45) is 0 Å². The summed E-state index contributed by atoms with van der Waals surface area (Å²) < 4.78 is 15.9. The fraction of sp³-hybridized carbons (Fsp3) is 0.417. The number of nitrogens with zero attached hydrogens (tertiary/aromatic N) is 2. The van der Waals surface area contributed by atoms with Crippen molar-refractivity contribution in [1.82, 2.24) is 9.55 Å². The molecule has 1 aromatic carbocycles. The SMILES string of the molecule is CCSCC(C)n1c(N)nc2cc(Br)c(F)cc21. The third-order valence-electron chi connectivity index (χ3n) is 2.76. The van der Waals surface area contributed by atoms with Crippen LogP contribution in [0.4, 0.5) is 10.3 Å². The summed E-state index contributed by atoms with van der Waals surface area (Å²) in [4.78, 5) is 4.28. The molecule has 1 unspecified atom stereocenters. The summed E-state index contributed by atoms with van der Waals surface area (Å²) in [5, 5.41) is 0. The van der Waals surface area contributed by atoms with Crippen LogP contribution in [-0.2, 0) is 0 Å². The van der Waals surface area contributed by atoms with E-state index in [1.54, 1.807) is 6.07 Å². The Labute approximate surface area is 118 Å². The molecule has 2 N–H and O–H groups in total. The zero-order valence-electron chi connectivity index (χ0n) is 10.3. The lowest BCUT2D eigenvalue weighted by Crippen LogP contribution is -2.11. The molecule has 0 spiro atoms. The van der Waals surface area contributed by atoms with Crippen LogP contribution in [0.15, 0.2) is 16.6 Å². The van der Waals surface area contributed by atoms with Gasteiger partial charge in [0.05, 0.1) is 15.5 Å². The Morgan fingerprint density at radius 2 is 2.28 bits per heavy atom. The van der Waals surface area contributed by atoms with Crippen molar-refractivity contribution in [3.8, 4) is 0 Å². The number of benzene rings is 1. The van der Waals surface area contributed by atoms with Gasteiger partial charge in [0.2, 0.25) is 5.95 Å². The molecule has 98 valence electrons. The number of halogens is 2. The first-order valence-corrected chi connectivity index (χ1v) is 7.69. The zero-order valence-corrected chi connectivity index (χ0v) is 12.7. The van der Waals surface area contributed by atoms with Crippen molar-refractivity contribution >= 4 is 44.7 Å². The largest absolute Gasteiger partial charge is 0.369 e. The average molecular weight is 332 g/mol. The molecule has 0 radical (unpaired) electrons. The first kappa shape index (κ1) is 13.7. The van der Waals surface area contributed by atoms with Crippen LogP contribution in [0.5, 0.6) is 0 Å². The molecule has 3 nitrogen and oxygen atoms in total. The van der Waals surface area contributed by atoms with Crippen LogP contribution in [0.1, 0.15) is 19.9 Å². The van der Waals surface area contributed by atoms with Crippen LogP contribution in [0, 0.1) is 5.82 Å². The predicted octanol–water partition coefficient (Wildman–Crippen LogP) is 3.83. The van der Waals surface area contributed by atoms with E-state index in [2.05, 4.69) is 34.8 Å². The number of hydrogen-bond donors (Lipinski definition) is 1. The van der Waals surface area contributed by atoms with Crippen LogP contribution in [-0.4, -0.2) is 21.1 Å². The Morgan fingerprint density at radius 1 is 1.56 bits per heavy atom. The molecule has 6 heteroatoms. The quantitative estimate of drug-likeness (QED) is 0.925. The third kappa shape index (κ3) is 2.49. The molecule has 0 saturated heterocycles. The van der Waals surface area contributed by atoms with Gasteiger partial charge in [-0.25, -0.2) is 9.37 Å². The van der Waals surface area contributed by atoms with Crippen molar-refractivity contribution in [2.45, 2.75) is 19.9 Å². The number of hydrogen-bond acceptors (Lipinski definition) is 3. The van der Waals surface area contributed by atoms with Gasteiger partial charge in [-0.15, -0.1) is 0 Å². The van der Waals surface area contributed by atoms with Crippen LogP contribution < -0.4 is 5.73 Å². The van der Waals surface area contributed by atoms with Gasteiger partial charge in [0.1, 0.15) is 5.82 Å². The highest BCUT2D eigenvalue weighted by Gasteiger charge is 2.15. The van der Waals surface area contributed by atoms with E-state index in [-0.39, 0.29) is 11.9 Å². The first-order valence-electron chi connectivity index (χ1n) is 5.74. The maximum Gasteiger partial charge on any atom is 0.201 e. The molecule has 1 aromatic heterocycles. The lowest BCUT2D eigenvalue weighted by molar-refractivity contribution is 0.614. The van der Waals surface area contributed by atoms with E-state index >= 15 is 0 Å². The average Bonchev–Trinajstić information content (AvgIpc) is 2.62. The molecule has 0 fully saturated rings.